The van der Waals surface area contributed by atoms with E-state index in [0.717, 1.165) is 0 Å². The second kappa shape index (κ2) is 8.35. The lowest BCUT2D eigenvalue weighted by molar-refractivity contribution is -0.132. The fourth-order valence-corrected chi connectivity index (χ4v) is 1.04. The highest BCUT2D eigenvalue weighted by Gasteiger charge is 2.20. The summed E-state index contributed by atoms with van der Waals surface area (Å²) in [4.78, 5) is 24.1. The molecule has 0 saturated carbocycles. The predicted octanol–water partition coefficient (Wildman–Crippen LogP) is -0.0140. The van der Waals surface area contributed by atoms with Crippen molar-refractivity contribution in [2.75, 3.05) is 20.6 Å². The van der Waals surface area contributed by atoms with E-state index in [-0.39, 0.29) is 30.1 Å². The van der Waals surface area contributed by atoms with Crippen molar-refractivity contribution in [2.24, 2.45) is 11.7 Å². The van der Waals surface area contributed by atoms with Crippen molar-refractivity contribution >= 4 is 24.2 Å². The van der Waals surface area contributed by atoms with E-state index < -0.39 is 6.04 Å². The van der Waals surface area contributed by atoms with E-state index in [4.69, 9.17) is 5.73 Å². The molecule has 5 nitrogen and oxygen atoms in total. The van der Waals surface area contributed by atoms with Crippen molar-refractivity contribution in [3.8, 4) is 0 Å². The topological polar surface area (TPSA) is 75.4 Å². The Bertz CT molecular complexity index is 234. The van der Waals surface area contributed by atoms with Crippen molar-refractivity contribution in [3.63, 3.8) is 0 Å². The van der Waals surface area contributed by atoms with Gasteiger partial charge in [-0.05, 0) is 5.92 Å². The average molecular weight is 252 g/mol. The summed E-state index contributed by atoms with van der Waals surface area (Å²) < 4.78 is 0. The van der Waals surface area contributed by atoms with Gasteiger partial charge in [0, 0.05) is 27.1 Å². The third kappa shape index (κ3) is 5.92. The van der Waals surface area contributed by atoms with Crippen LogP contribution >= 0.6 is 12.4 Å². The molecule has 0 bridgehead atoms. The van der Waals surface area contributed by atoms with E-state index >= 15 is 0 Å². The van der Waals surface area contributed by atoms with E-state index in [1.807, 2.05) is 13.8 Å². The summed E-state index contributed by atoms with van der Waals surface area (Å²) in [5.41, 5.74) is 5.71. The lowest BCUT2D eigenvalue weighted by Crippen LogP contribution is -2.45. The molecular weight excluding hydrogens is 230 g/mol. The van der Waals surface area contributed by atoms with Crippen molar-refractivity contribution < 1.29 is 9.59 Å². The summed E-state index contributed by atoms with van der Waals surface area (Å²) in [7, 11) is 3.23. The monoisotopic (exact) mass is 251 g/mol. The Hall–Kier alpha value is -0.810. The van der Waals surface area contributed by atoms with Crippen LogP contribution in [-0.2, 0) is 9.59 Å². The van der Waals surface area contributed by atoms with Crippen LogP contribution in [0.2, 0.25) is 0 Å². The van der Waals surface area contributed by atoms with Crippen molar-refractivity contribution in [1.29, 1.82) is 0 Å². The number of nitrogens with zero attached hydrogens (tertiary/aromatic N) is 1. The second-order valence-corrected chi connectivity index (χ2v) is 3.95. The maximum Gasteiger partial charge on any atom is 0.239 e. The van der Waals surface area contributed by atoms with Gasteiger partial charge in [-0.2, -0.15) is 0 Å². The van der Waals surface area contributed by atoms with Crippen molar-refractivity contribution in [3.05, 3.63) is 0 Å². The van der Waals surface area contributed by atoms with Crippen LogP contribution in [0.3, 0.4) is 0 Å². The highest BCUT2D eigenvalue weighted by molar-refractivity contribution is 5.85. The first kappa shape index (κ1) is 17.6. The van der Waals surface area contributed by atoms with Gasteiger partial charge in [0.1, 0.15) is 0 Å². The van der Waals surface area contributed by atoms with E-state index in [1.54, 1.807) is 14.1 Å². The van der Waals surface area contributed by atoms with Crippen LogP contribution in [0.15, 0.2) is 0 Å². The first-order valence-corrected chi connectivity index (χ1v) is 5.11. The van der Waals surface area contributed by atoms with Gasteiger partial charge in [0.15, 0.2) is 0 Å². The van der Waals surface area contributed by atoms with Crippen LogP contribution in [0, 0.1) is 5.92 Å². The highest BCUT2D eigenvalue weighted by atomic mass is 35.5. The van der Waals surface area contributed by atoms with Crippen LogP contribution in [0.5, 0.6) is 0 Å². The molecule has 0 fully saturated rings. The zero-order chi connectivity index (χ0) is 12.0. The molecule has 96 valence electrons. The van der Waals surface area contributed by atoms with Crippen LogP contribution in [0.1, 0.15) is 20.3 Å². The third-order valence-corrected chi connectivity index (χ3v) is 2.33. The molecule has 0 aliphatic carbocycles. The molecule has 6 heteroatoms. The van der Waals surface area contributed by atoms with Gasteiger partial charge >= 0.3 is 0 Å². The molecule has 2 amide bonds. The van der Waals surface area contributed by atoms with Gasteiger partial charge in [-0.25, -0.2) is 0 Å². The Kier molecular flexibility index (Phi) is 9.18. The zero-order valence-electron chi connectivity index (χ0n) is 10.3. The maximum absolute atomic E-state index is 11.7. The van der Waals surface area contributed by atoms with Gasteiger partial charge in [-0.1, -0.05) is 13.8 Å². The number of amides is 2. The third-order valence-electron chi connectivity index (χ3n) is 2.33. The first-order valence-electron chi connectivity index (χ1n) is 5.11. The Labute approximate surface area is 103 Å². The van der Waals surface area contributed by atoms with E-state index in [9.17, 15) is 9.59 Å². The van der Waals surface area contributed by atoms with Gasteiger partial charge in [0.05, 0.1) is 6.04 Å². The SMILES string of the molecule is CNC(=O)CCN(C)C(=O)[C@@H](N)C(C)C.Cl. The van der Waals surface area contributed by atoms with Crippen LogP contribution in [0.25, 0.3) is 0 Å². The summed E-state index contributed by atoms with van der Waals surface area (Å²) in [6, 6.07) is -0.486. The van der Waals surface area contributed by atoms with Crippen molar-refractivity contribution in [1.82, 2.24) is 10.2 Å². The number of rotatable bonds is 5. The molecule has 3 N–H and O–H groups in total. The minimum atomic E-state index is -0.486. The van der Waals surface area contributed by atoms with Crippen molar-refractivity contribution in [2.45, 2.75) is 26.3 Å². The molecule has 16 heavy (non-hydrogen) atoms. The number of nitrogens with one attached hydrogen (secondary N) is 1. The van der Waals surface area contributed by atoms with E-state index in [0.29, 0.717) is 13.0 Å². The number of halogens is 1. The molecular formula is C10H22ClN3O2. The minimum absolute atomic E-state index is 0. The number of likely N-dealkylation sites (N-methyl/N-ethyl adjacent to an activating group) is 1. The predicted molar refractivity (Wildman–Crippen MR) is 66.4 cm³/mol. The molecule has 0 spiro atoms. The van der Waals surface area contributed by atoms with Crippen LogP contribution in [0.4, 0.5) is 0 Å². The van der Waals surface area contributed by atoms with Gasteiger partial charge < -0.3 is 16.0 Å². The number of hydrogen-bond donors (Lipinski definition) is 2. The smallest absolute Gasteiger partial charge is 0.239 e. The first-order chi connectivity index (χ1) is 6.90. The quantitative estimate of drug-likeness (QED) is 0.722. The fourth-order valence-electron chi connectivity index (χ4n) is 1.04. The van der Waals surface area contributed by atoms with Crippen LogP contribution < -0.4 is 11.1 Å². The fraction of sp³-hybridized carbons (Fsp3) is 0.800. The molecule has 0 unspecified atom stereocenters. The average Bonchev–Trinajstić information content (AvgIpc) is 2.22. The summed E-state index contributed by atoms with van der Waals surface area (Å²) in [5.74, 6) is -0.0818. The molecule has 0 radical (unpaired) electrons. The Morgan fingerprint density at radius 3 is 2.25 bits per heavy atom. The van der Waals surface area contributed by atoms with Gasteiger partial charge in [0.2, 0.25) is 11.8 Å². The maximum atomic E-state index is 11.7. The molecule has 1 atom stereocenters. The van der Waals surface area contributed by atoms with E-state index in [2.05, 4.69) is 5.32 Å². The Balaban J connectivity index is 0. The second-order valence-electron chi connectivity index (χ2n) is 3.95. The number of carbonyl (C=O) groups excluding carboxylic acids is 2. The highest BCUT2D eigenvalue weighted by Crippen LogP contribution is 2.02. The Morgan fingerprint density at radius 2 is 1.88 bits per heavy atom. The summed E-state index contributed by atoms with van der Waals surface area (Å²) in [5, 5.41) is 2.50. The Morgan fingerprint density at radius 1 is 1.38 bits per heavy atom. The molecule has 0 aromatic rings. The number of carbonyl (C=O) groups is 2. The number of hydrogen-bond acceptors (Lipinski definition) is 3. The van der Waals surface area contributed by atoms with Crippen LogP contribution in [-0.4, -0.2) is 43.4 Å². The lowest BCUT2D eigenvalue weighted by atomic mass is 10.0. The normalized spacial score (nSPS) is 11.6. The molecule has 0 aliphatic rings. The number of nitrogens with two attached hydrogens (primary N) is 1. The molecule has 0 aromatic heterocycles. The van der Waals surface area contributed by atoms with E-state index in [1.165, 1.54) is 4.90 Å². The van der Waals surface area contributed by atoms with Gasteiger partial charge in [-0.3, -0.25) is 9.59 Å². The summed E-state index contributed by atoms with van der Waals surface area (Å²) in [6.07, 6.45) is 0.309. The largest absolute Gasteiger partial charge is 0.359 e. The molecule has 0 saturated heterocycles. The molecule has 0 aromatic carbocycles. The lowest BCUT2D eigenvalue weighted by Gasteiger charge is -2.23. The zero-order valence-corrected chi connectivity index (χ0v) is 11.1. The molecule has 0 aliphatic heterocycles. The molecule has 0 heterocycles. The van der Waals surface area contributed by atoms with Gasteiger partial charge in [0.25, 0.3) is 0 Å². The standard InChI is InChI=1S/C10H21N3O2.ClH/c1-7(2)9(11)10(15)13(4)6-5-8(14)12-3;/h7,9H,5-6,11H2,1-4H3,(H,12,14);1H/t9-;/m0./s1. The van der Waals surface area contributed by atoms with Gasteiger partial charge in [-0.15, -0.1) is 12.4 Å². The molecule has 0 rings (SSSR count). The summed E-state index contributed by atoms with van der Waals surface area (Å²) in [6.45, 7) is 4.20. The summed E-state index contributed by atoms with van der Waals surface area (Å²) >= 11 is 0. The minimum Gasteiger partial charge on any atom is -0.359 e.